The lowest BCUT2D eigenvalue weighted by atomic mass is 10.2. The average Bonchev–Trinajstić information content (AvgIpc) is 3.19. The maximum atomic E-state index is 4.86. The summed E-state index contributed by atoms with van der Waals surface area (Å²) in [7, 11) is 4.13. The van der Waals surface area contributed by atoms with E-state index in [4.69, 9.17) is 9.97 Å². The fourth-order valence-corrected chi connectivity index (χ4v) is 3.57. The van der Waals surface area contributed by atoms with Crippen LogP contribution in [-0.4, -0.2) is 19.1 Å². The summed E-state index contributed by atoms with van der Waals surface area (Å²) in [5.41, 5.74) is 6.40. The first-order valence-electron chi connectivity index (χ1n) is 8.66. The zero-order chi connectivity index (χ0) is 17.7. The summed E-state index contributed by atoms with van der Waals surface area (Å²) in [4.78, 5) is 9.72. The van der Waals surface area contributed by atoms with Gasteiger partial charge in [0.2, 0.25) is 0 Å². The van der Waals surface area contributed by atoms with Crippen LogP contribution in [0.5, 0.6) is 0 Å². The topological polar surface area (TPSA) is 35.6 Å². The Morgan fingerprint density at radius 3 is 1.42 bits per heavy atom. The molecule has 2 heterocycles. The number of hydrogen-bond donors (Lipinski definition) is 0. The van der Waals surface area contributed by atoms with Crippen molar-refractivity contribution in [2.75, 3.05) is 0 Å². The van der Waals surface area contributed by atoms with Gasteiger partial charge in [-0.2, -0.15) is 0 Å². The minimum Gasteiger partial charge on any atom is -0.327 e. The highest BCUT2D eigenvalue weighted by molar-refractivity contribution is 5.95. The second-order valence-electron chi connectivity index (χ2n) is 6.55. The van der Waals surface area contributed by atoms with Crippen molar-refractivity contribution in [2.24, 2.45) is 14.1 Å². The molecule has 0 bridgehead atoms. The van der Waals surface area contributed by atoms with E-state index in [9.17, 15) is 0 Å². The molecular weight excluding hydrogens is 320 g/mol. The second kappa shape index (κ2) is 5.56. The Kier molecular flexibility index (Phi) is 3.19. The van der Waals surface area contributed by atoms with E-state index >= 15 is 0 Å². The number of imidazole rings is 2. The van der Waals surface area contributed by atoms with Crippen molar-refractivity contribution in [1.29, 1.82) is 0 Å². The molecule has 0 radical (unpaired) electrons. The average molecular weight is 338 g/mol. The van der Waals surface area contributed by atoms with Crippen molar-refractivity contribution in [2.45, 2.75) is 0 Å². The van der Waals surface area contributed by atoms with Gasteiger partial charge in [-0.3, -0.25) is 0 Å². The van der Waals surface area contributed by atoms with Crippen molar-refractivity contribution in [3.63, 3.8) is 0 Å². The predicted molar refractivity (Wildman–Crippen MR) is 106 cm³/mol. The Balaban J connectivity index is 1.74. The molecule has 2 aromatic heterocycles. The van der Waals surface area contributed by atoms with Gasteiger partial charge in [0, 0.05) is 25.2 Å². The summed E-state index contributed by atoms with van der Waals surface area (Å²) in [5, 5.41) is 0. The minimum absolute atomic E-state index is 0.969. The van der Waals surface area contributed by atoms with E-state index in [0.717, 1.165) is 44.8 Å². The summed E-state index contributed by atoms with van der Waals surface area (Å²) in [6.07, 6.45) is 0. The highest BCUT2D eigenvalue weighted by Crippen LogP contribution is 2.29. The van der Waals surface area contributed by atoms with Crippen LogP contribution in [0.15, 0.2) is 72.8 Å². The van der Waals surface area contributed by atoms with Gasteiger partial charge in [-0.05, 0) is 12.1 Å². The molecule has 0 spiro atoms. The van der Waals surface area contributed by atoms with E-state index in [2.05, 4.69) is 59.6 Å². The molecule has 0 aliphatic carbocycles. The quantitative estimate of drug-likeness (QED) is 0.464. The molecule has 0 aliphatic heterocycles. The number of fused-ring (bicyclic) bond motifs is 2. The van der Waals surface area contributed by atoms with Crippen LogP contribution in [0.3, 0.4) is 0 Å². The first-order valence-corrected chi connectivity index (χ1v) is 8.66. The molecule has 0 N–H and O–H groups in total. The van der Waals surface area contributed by atoms with Gasteiger partial charge in [0.25, 0.3) is 0 Å². The van der Waals surface area contributed by atoms with E-state index in [1.54, 1.807) is 0 Å². The molecule has 4 nitrogen and oxygen atoms in total. The monoisotopic (exact) mass is 338 g/mol. The van der Waals surface area contributed by atoms with Gasteiger partial charge in [0.15, 0.2) is 0 Å². The van der Waals surface area contributed by atoms with Crippen molar-refractivity contribution >= 4 is 22.1 Å². The molecule has 5 rings (SSSR count). The van der Waals surface area contributed by atoms with Crippen molar-refractivity contribution < 1.29 is 0 Å². The lowest BCUT2D eigenvalue weighted by Crippen LogP contribution is -1.94. The molecule has 3 aromatic carbocycles. The first kappa shape index (κ1) is 14.9. The fraction of sp³-hybridized carbons (Fsp3) is 0.0909. The Morgan fingerprint density at radius 2 is 1.00 bits per heavy atom. The fourth-order valence-electron chi connectivity index (χ4n) is 3.57. The summed E-state index contributed by atoms with van der Waals surface area (Å²) in [5.74, 6) is 1.94. The molecule has 0 fully saturated rings. The van der Waals surface area contributed by atoms with Gasteiger partial charge in [0.05, 0.1) is 22.1 Å². The summed E-state index contributed by atoms with van der Waals surface area (Å²) in [6, 6.07) is 24.8. The first-order chi connectivity index (χ1) is 12.7. The largest absolute Gasteiger partial charge is 0.327 e. The third-order valence-corrected chi connectivity index (χ3v) is 4.95. The van der Waals surface area contributed by atoms with Gasteiger partial charge < -0.3 is 9.13 Å². The lowest BCUT2D eigenvalue weighted by Gasteiger charge is -2.03. The second-order valence-corrected chi connectivity index (χ2v) is 6.55. The van der Waals surface area contributed by atoms with Gasteiger partial charge in [-0.1, -0.05) is 60.7 Å². The molecule has 0 saturated carbocycles. The van der Waals surface area contributed by atoms with Crippen LogP contribution in [-0.2, 0) is 14.1 Å². The van der Waals surface area contributed by atoms with Crippen LogP contribution < -0.4 is 0 Å². The lowest BCUT2D eigenvalue weighted by molar-refractivity contribution is 0.949. The van der Waals surface area contributed by atoms with Gasteiger partial charge >= 0.3 is 0 Å². The van der Waals surface area contributed by atoms with E-state index in [-0.39, 0.29) is 0 Å². The Labute approximate surface area is 151 Å². The summed E-state index contributed by atoms with van der Waals surface area (Å²) >= 11 is 0. The third kappa shape index (κ3) is 2.15. The van der Waals surface area contributed by atoms with E-state index in [0.29, 0.717) is 0 Å². The molecule has 26 heavy (non-hydrogen) atoms. The van der Waals surface area contributed by atoms with Crippen LogP contribution in [0.25, 0.3) is 44.8 Å². The molecule has 0 saturated heterocycles. The van der Waals surface area contributed by atoms with Gasteiger partial charge in [-0.25, -0.2) is 9.97 Å². The van der Waals surface area contributed by atoms with Crippen molar-refractivity contribution in [3.05, 3.63) is 72.8 Å². The van der Waals surface area contributed by atoms with Gasteiger partial charge in [0.1, 0.15) is 11.6 Å². The molecule has 0 atom stereocenters. The smallest absolute Gasteiger partial charge is 0.140 e. The molecule has 4 heteroatoms. The third-order valence-electron chi connectivity index (χ3n) is 4.95. The molecule has 0 aliphatic rings. The number of rotatable bonds is 2. The zero-order valence-corrected chi connectivity index (χ0v) is 14.7. The SMILES string of the molecule is Cn1c(-c2ccccc2)nc2cc3nc(-c4ccccc4)n(C)c3cc21. The van der Waals surface area contributed by atoms with Gasteiger partial charge in [-0.15, -0.1) is 0 Å². The molecule has 0 unspecified atom stereocenters. The summed E-state index contributed by atoms with van der Waals surface area (Å²) < 4.78 is 4.30. The minimum atomic E-state index is 0.969. The maximum Gasteiger partial charge on any atom is 0.140 e. The predicted octanol–water partition coefficient (Wildman–Crippen LogP) is 4.79. The number of nitrogens with zero attached hydrogens (tertiary/aromatic N) is 4. The number of aryl methyl sites for hydroxylation is 2. The van der Waals surface area contributed by atoms with E-state index in [1.165, 1.54) is 0 Å². The van der Waals surface area contributed by atoms with Crippen LogP contribution in [0.4, 0.5) is 0 Å². The number of aromatic nitrogens is 4. The van der Waals surface area contributed by atoms with Crippen LogP contribution in [0.1, 0.15) is 0 Å². The Hall–Kier alpha value is -3.40. The van der Waals surface area contributed by atoms with Crippen LogP contribution in [0.2, 0.25) is 0 Å². The standard InChI is InChI=1S/C22H18N4/c1-25-19-14-20-18(24-22(26(20)2)16-11-7-4-8-12-16)13-17(19)23-21(25)15-9-5-3-6-10-15/h3-14H,1-2H3. The molecule has 126 valence electrons. The van der Waals surface area contributed by atoms with Crippen molar-refractivity contribution in [3.8, 4) is 22.8 Å². The highest BCUT2D eigenvalue weighted by atomic mass is 15.1. The van der Waals surface area contributed by atoms with Crippen molar-refractivity contribution in [1.82, 2.24) is 19.1 Å². The summed E-state index contributed by atoms with van der Waals surface area (Å²) in [6.45, 7) is 0. The van der Waals surface area contributed by atoms with Crippen LogP contribution in [0, 0.1) is 0 Å². The Bertz CT molecular complexity index is 1140. The maximum absolute atomic E-state index is 4.86. The normalized spacial score (nSPS) is 11.5. The zero-order valence-electron chi connectivity index (χ0n) is 14.7. The highest BCUT2D eigenvalue weighted by Gasteiger charge is 2.15. The molecule has 5 aromatic rings. The van der Waals surface area contributed by atoms with Crippen LogP contribution >= 0.6 is 0 Å². The Morgan fingerprint density at radius 1 is 0.577 bits per heavy atom. The number of hydrogen-bond acceptors (Lipinski definition) is 2. The van der Waals surface area contributed by atoms with E-state index in [1.807, 2.05) is 36.4 Å². The molecule has 0 amide bonds. The van der Waals surface area contributed by atoms with E-state index < -0.39 is 0 Å². The number of benzene rings is 3. The molecular formula is C22H18N4.